The zero-order valence-electron chi connectivity index (χ0n) is 10.9. The second-order valence-corrected chi connectivity index (χ2v) is 5.43. The molecule has 19 heavy (non-hydrogen) atoms. The molecule has 100 valence electrons. The number of hydrogen-bond donors (Lipinski definition) is 2. The Labute approximate surface area is 117 Å². The zero-order chi connectivity index (χ0) is 13.7. The molecule has 0 radical (unpaired) electrons. The van der Waals surface area contributed by atoms with E-state index in [-0.39, 0.29) is 11.9 Å². The molecule has 1 aromatic carbocycles. The van der Waals surface area contributed by atoms with Gasteiger partial charge in [-0.25, -0.2) is 0 Å². The number of nitrogens with two attached hydrogens (primary N) is 1. The molecule has 1 amide bonds. The minimum absolute atomic E-state index is 0.0294. The van der Waals surface area contributed by atoms with E-state index in [9.17, 15) is 4.79 Å². The molecule has 0 spiro atoms. The Morgan fingerprint density at radius 2 is 2.00 bits per heavy atom. The third kappa shape index (κ3) is 3.66. The predicted octanol–water partition coefficient (Wildman–Crippen LogP) is 2.63. The molecular formula is C15H18N2OS. The van der Waals surface area contributed by atoms with E-state index in [1.807, 2.05) is 48.7 Å². The number of amides is 1. The summed E-state index contributed by atoms with van der Waals surface area (Å²) in [6, 6.07) is 11.9. The lowest BCUT2D eigenvalue weighted by atomic mass is 10.0. The van der Waals surface area contributed by atoms with Crippen molar-refractivity contribution in [3.63, 3.8) is 0 Å². The van der Waals surface area contributed by atoms with Gasteiger partial charge in [-0.1, -0.05) is 30.3 Å². The molecule has 1 aromatic heterocycles. The lowest BCUT2D eigenvalue weighted by molar-refractivity contribution is -0.121. The summed E-state index contributed by atoms with van der Waals surface area (Å²) in [7, 11) is 0. The molecule has 3 nitrogen and oxygen atoms in total. The van der Waals surface area contributed by atoms with Gasteiger partial charge in [-0.15, -0.1) is 11.3 Å². The molecule has 4 heteroatoms. The highest BCUT2D eigenvalue weighted by atomic mass is 32.1. The van der Waals surface area contributed by atoms with Gasteiger partial charge in [0, 0.05) is 11.4 Å². The first-order valence-corrected chi connectivity index (χ1v) is 7.18. The van der Waals surface area contributed by atoms with Crippen LogP contribution in [0.1, 0.15) is 29.0 Å². The van der Waals surface area contributed by atoms with Crippen molar-refractivity contribution >= 4 is 17.2 Å². The van der Waals surface area contributed by atoms with Gasteiger partial charge in [0.1, 0.15) is 0 Å². The van der Waals surface area contributed by atoms with Gasteiger partial charge in [0.2, 0.25) is 5.91 Å². The van der Waals surface area contributed by atoms with Crippen molar-refractivity contribution in [1.29, 1.82) is 0 Å². The van der Waals surface area contributed by atoms with Gasteiger partial charge in [-0.3, -0.25) is 4.79 Å². The standard InChI is InChI=1S/C15H18N2OS/c1-11(14-7-4-8-19-14)17-15(18)9-12-5-2-3-6-13(12)10-16/h2-8,11H,9-10,16H2,1H3,(H,17,18)/t11-/m0/s1. The summed E-state index contributed by atoms with van der Waals surface area (Å²) in [5.74, 6) is 0.0294. The largest absolute Gasteiger partial charge is 0.348 e. The van der Waals surface area contributed by atoms with Crippen molar-refractivity contribution in [3.8, 4) is 0 Å². The fraction of sp³-hybridized carbons (Fsp3) is 0.267. The van der Waals surface area contributed by atoms with Gasteiger partial charge in [-0.2, -0.15) is 0 Å². The normalized spacial score (nSPS) is 12.1. The smallest absolute Gasteiger partial charge is 0.224 e. The van der Waals surface area contributed by atoms with E-state index in [0.717, 1.165) is 11.1 Å². The topological polar surface area (TPSA) is 55.1 Å². The number of rotatable bonds is 5. The Bertz CT molecular complexity index is 537. The Balaban J connectivity index is 1.98. The lowest BCUT2D eigenvalue weighted by Crippen LogP contribution is -2.28. The number of hydrogen-bond acceptors (Lipinski definition) is 3. The molecule has 3 N–H and O–H groups in total. The van der Waals surface area contributed by atoms with E-state index < -0.39 is 0 Å². The highest BCUT2D eigenvalue weighted by molar-refractivity contribution is 7.10. The molecule has 0 fully saturated rings. The van der Waals surface area contributed by atoms with Crippen LogP contribution in [0.2, 0.25) is 0 Å². The average molecular weight is 274 g/mol. The van der Waals surface area contributed by atoms with Crippen LogP contribution >= 0.6 is 11.3 Å². The number of nitrogens with one attached hydrogen (secondary N) is 1. The lowest BCUT2D eigenvalue weighted by Gasteiger charge is -2.13. The molecular weight excluding hydrogens is 256 g/mol. The van der Waals surface area contributed by atoms with Gasteiger partial charge >= 0.3 is 0 Å². The van der Waals surface area contributed by atoms with Gasteiger partial charge in [0.05, 0.1) is 12.5 Å². The van der Waals surface area contributed by atoms with Crippen LogP contribution in [-0.4, -0.2) is 5.91 Å². The van der Waals surface area contributed by atoms with Crippen molar-refractivity contribution in [2.75, 3.05) is 0 Å². The van der Waals surface area contributed by atoms with Crippen LogP contribution in [0.4, 0.5) is 0 Å². The highest BCUT2D eigenvalue weighted by Crippen LogP contribution is 2.18. The second-order valence-electron chi connectivity index (χ2n) is 4.45. The molecule has 2 rings (SSSR count). The third-order valence-corrected chi connectivity index (χ3v) is 4.09. The predicted molar refractivity (Wildman–Crippen MR) is 78.9 cm³/mol. The maximum atomic E-state index is 12.0. The van der Waals surface area contributed by atoms with Crippen LogP contribution in [0.15, 0.2) is 41.8 Å². The van der Waals surface area contributed by atoms with Crippen molar-refractivity contribution in [2.45, 2.75) is 25.9 Å². The van der Waals surface area contributed by atoms with Crippen LogP contribution in [0.25, 0.3) is 0 Å². The maximum absolute atomic E-state index is 12.0. The monoisotopic (exact) mass is 274 g/mol. The maximum Gasteiger partial charge on any atom is 0.224 e. The molecule has 0 saturated heterocycles. The van der Waals surface area contributed by atoms with E-state index in [1.54, 1.807) is 11.3 Å². The van der Waals surface area contributed by atoms with E-state index in [4.69, 9.17) is 5.73 Å². The third-order valence-electron chi connectivity index (χ3n) is 3.04. The SMILES string of the molecule is C[C@H](NC(=O)Cc1ccccc1CN)c1cccs1. The average Bonchev–Trinajstić information content (AvgIpc) is 2.93. The number of carbonyl (C=O) groups excluding carboxylic acids is 1. The molecule has 0 saturated carbocycles. The summed E-state index contributed by atoms with van der Waals surface area (Å²) in [4.78, 5) is 13.2. The first-order valence-electron chi connectivity index (χ1n) is 6.30. The van der Waals surface area contributed by atoms with E-state index >= 15 is 0 Å². The fourth-order valence-electron chi connectivity index (χ4n) is 2.00. The Morgan fingerprint density at radius 3 is 2.63 bits per heavy atom. The summed E-state index contributed by atoms with van der Waals surface area (Å²) in [5.41, 5.74) is 7.70. The van der Waals surface area contributed by atoms with Crippen molar-refractivity contribution < 1.29 is 4.79 Å². The van der Waals surface area contributed by atoms with E-state index in [0.29, 0.717) is 13.0 Å². The van der Waals surface area contributed by atoms with Crippen LogP contribution in [0, 0.1) is 0 Å². The number of carbonyl (C=O) groups is 1. The molecule has 0 bridgehead atoms. The van der Waals surface area contributed by atoms with Gasteiger partial charge in [-0.05, 0) is 29.5 Å². The summed E-state index contributed by atoms with van der Waals surface area (Å²) in [6.45, 7) is 2.46. The van der Waals surface area contributed by atoms with Crippen molar-refractivity contribution in [3.05, 3.63) is 57.8 Å². The molecule has 1 atom stereocenters. The molecule has 0 aliphatic carbocycles. The minimum atomic E-state index is 0.0294. The van der Waals surface area contributed by atoms with E-state index in [1.165, 1.54) is 4.88 Å². The molecule has 0 unspecified atom stereocenters. The highest BCUT2D eigenvalue weighted by Gasteiger charge is 2.12. The zero-order valence-corrected chi connectivity index (χ0v) is 11.7. The molecule has 0 aliphatic heterocycles. The van der Waals surface area contributed by atoms with Gasteiger partial charge < -0.3 is 11.1 Å². The number of thiophene rings is 1. The Morgan fingerprint density at radius 1 is 1.26 bits per heavy atom. The molecule has 2 aromatic rings. The summed E-state index contributed by atoms with van der Waals surface area (Å²) >= 11 is 1.65. The quantitative estimate of drug-likeness (QED) is 0.880. The van der Waals surface area contributed by atoms with Gasteiger partial charge in [0.15, 0.2) is 0 Å². The first kappa shape index (κ1) is 13.8. The van der Waals surface area contributed by atoms with Crippen LogP contribution in [0.3, 0.4) is 0 Å². The molecule has 1 heterocycles. The summed E-state index contributed by atoms with van der Waals surface area (Å²) in [6.07, 6.45) is 0.378. The summed E-state index contributed by atoms with van der Waals surface area (Å²) < 4.78 is 0. The van der Waals surface area contributed by atoms with Crippen molar-refractivity contribution in [1.82, 2.24) is 5.32 Å². The second kappa shape index (κ2) is 6.50. The number of benzene rings is 1. The Kier molecular flexibility index (Phi) is 4.71. The Hall–Kier alpha value is -1.65. The fourth-order valence-corrected chi connectivity index (χ4v) is 2.74. The first-order chi connectivity index (χ1) is 9.20. The molecule has 0 aliphatic rings. The minimum Gasteiger partial charge on any atom is -0.348 e. The summed E-state index contributed by atoms with van der Waals surface area (Å²) in [5, 5.41) is 5.03. The van der Waals surface area contributed by atoms with Crippen LogP contribution in [0.5, 0.6) is 0 Å². The van der Waals surface area contributed by atoms with Crippen molar-refractivity contribution in [2.24, 2.45) is 5.73 Å². The van der Waals surface area contributed by atoms with Crippen LogP contribution in [-0.2, 0) is 17.8 Å². The van der Waals surface area contributed by atoms with Gasteiger partial charge in [0.25, 0.3) is 0 Å². The van der Waals surface area contributed by atoms with Crippen LogP contribution < -0.4 is 11.1 Å². The van der Waals surface area contributed by atoms with E-state index in [2.05, 4.69) is 5.32 Å².